The van der Waals surface area contributed by atoms with Crippen molar-refractivity contribution in [3.63, 3.8) is 0 Å². The van der Waals surface area contributed by atoms with Crippen molar-refractivity contribution in [2.45, 2.75) is 12.8 Å². The third-order valence-corrected chi connectivity index (χ3v) is 2.85. The van der Waals surface area contributed by atoms with Gasteiger partial charge in [0, 0.05) is 36.3 Å². The van der Waals surface area contributed by atoms with Crippen molar-refractivity contribution in [3.8, 4) is 0 Å². The van der Waals surface area contributed by atoms with Gasteiger partial charge in [0.25, 0.3) is 0 Å². The van der Waals surface area contributed by atoms with E-state index in [0.717, 1.165) is 18.7 Å². The van der Waals surface area contributed by atoms with E-state index >= 15 is 0 Å². The van der Waals surface area contributed by atoms with E-state index in [0.29, 0.717) is 5.92 Å². The second-order valence-electron chi connectivity index (χ2n) is 4.03. The Bertz CT molecular complexity index is 477. The van der Waals surface area contributed by atoms with E-state index in [2.05, 4.69) is 34.3 Å². The number of aryl methyl sites for hydroxylation is 1. The lowest BCUT2D eigenvalue weighted by Crippen LogP contribution is -2.40. The quantitative estimate of drug-likeness (QED) is 0.826. The number of pyridine rings is 1. The van der Waals surface area contributed by atoms with Crippen molar-refractivity contribution < 1.29 is 0 Å². The van der Waals surface area contributed by atoms with Crippen LogP contribution < -0.4 is 5.32 Å². The van der Waals surface area contributed by atoms with Crippen LogP contribution in [0.5, 0.6) is 0 Å². The summed E-state index contributed by atoms with van der Waals surface area (Å²) in [5.41, 5.74) is 3.55. The van der Waals surface area contributed by atoms with E-state index in [4.69, 9.17) is 0 Å². The minimum Gasteiger partial charge on any atom is -0.343 e. The van der Waals surface area contributed by atoms with Crippen LogP contribution in [-0.2, 0) is 0 Å². The summed E-state index contributed by atoms with van der Waals surface area (Å²) in [5.74, 6) is 0.657. The zero-order valence-corrected chi connectivity index (χ0v) is 10.6. The summed E-state index contributed by atoms with van der Waals surface area (Å²) < 4.78 is 0. The highest BCUT2D eigenvalue weighted by Crippen LogP contribution is 2.23. The van der Waals surface area contributed by atoms with Gasteiger partial charge in [-0.1, -0.05) is 0 Å². The molecular formula is C11H15Cl2N3. The highest BCUT2D eigenvalue weighted by Gasteiger charge is 2.20. The molecule has 0 amide bonds. The van der Waals surface area contributed by atoms with Gasteiger partial charge in [-0.3, -0.25) is 0 Å². The molecule has 1 aliphatic rings. The Kier molecular flexibility index (Phi) is 4.19. The SMILES string of the molecule is Cc1cnc2[nH]c(C3CNC3)cc2c1.Cl.Cl. The van der Waals surface area contributed by atoms with E-state index in [-0.39, 0.29) is 24.8 Å². The molecule has 0 atom stereocenters. The molecule has 88 valence electrons. The van der Waals surface area contributed by atoms with E-state index in [1.165, 1.54) is 16.6 Å². The Morgan fingerprint density at radius 1 is 1.25 bits per heavy atom. The van der Waals surface area contributed by atoms with Crippen LogP contribution in [0.15, 0.2) is 18.3 Å². The number of H-pyrrole nitrogens is 1. The predicted molar refractivity (Wildman–Crippen MR) is 70.9 cm³/mol. The molecule has 0 aromatic carbocycles. The summed E-state index contributed by atoms with van der Waals surface area (Å²) in [6, 6.07) is 4.40. The van der Waals surface area contributed by atoms with E-state index < -0.39 is 0 Å². The summed E-state index contributed by atoms with van der Waals surface area (Å²) in [6.07, 6.45) is 1.90. The van der Waals surface area contributed by atoms with Crippen LogP contribution in [0.3, 0.4) is 0 Å². The van der Waals surface area contributed by atoms with Gasteiger partial charge in [-0.05, 0) is 24.6 Å². The van der Waals surface area contributed by atoms with Gasteiger partial charge in [0.2, 0.25) is 0 Å². The van der Waals surface area contributed by atoms with Crippen LogP contribution in [-0.4, -0.2) is 23.1 Å². The van der Waals surface area contributed by atoms with Gasteiger partial charge in [-0.15, -0.1) is 24.8 Å². The van der Waals surface area contributed by atoms with Crippen LogP contribution in [0.2, 0.25) is 0 Å². The number of nitrogens with one attached hydrogen (secondary N) is 2. The molecule has 3 heterocycles. The number of halogens is 2. The molecule has 3 rings (SSSR count). The van der Waals surface area contributed by atoms with E-state index in [1.54, 1.807) is 0 Å². The van der Waals surface area contributed by atoms with Gasteiger partial charge in [0.1, 0.15) is 5.65 Å². The minimum absolute atomic E-state index is 0. The summed E-state index contributed by atoms with van der Waals surface area (Å²) in [7, 11) is 0. The first-order chi connectivity index (χ1) is 6.83. The zero-order valence-electron chi connectivity index (χ0n) is 8.99. The van der Waals surface area contributed by atoms with Gasteiger partial charge in [-0.25, -0.2) is 4.98 Å². The van der Waals surface area contributed by atoms with Gasteiger partial charge in [0.05, 0.1) is 0 Å². The fourth-order valence-corrected chi connectivity index (χ4v) is 1.88. The Morgan fingerprint density at radius 2 is 2.00 bits per heavy atom. The summed E-state index contributed by atoms with van der Waals surface area (Å²) in [5, 5.41) is 4.50. The fourth-order valence-electron chi connectivity index (χ4n) is 1.88. The number of hydrogen-bond donors (Lipinski definition) is 2. The average molecular weight is 260 g/mol. The Balaban J connectivity index is 0.000000640. The molecule has 2 aromatic heterocycles. The lowest BCUT2D eigenvalue weighted by atomic mass is 10.00. The molecule has 1 aliphatic heterocycles. The first-order valence-corrected chi connectivity index (χ1v) is 4.99. The lowest BCUT2D eigenvalue weighted by molar-refractivity contribution is 0.442. The van der Waals surface area contributed by atoms with Crippen molar-refractivity contribution in [2.24, 2.45) is 0 Å². The highest BCUT2D eigenvalue weighted by atomic mass is 35.5. The molecule has 0 radical (unpaired) electrons. The molecule has 0 saturated carbocycles. The molecule has 1 fully saturated rings. The van der Waals surface area contributed by atoms with Crippen molar-refractivity contribution in [2.75, 3.05) is 13.1 Å². The number of rotatable bonds is 1. The number of aromatic amines is 1. The molecule has 16 heavy (non-hydrogen) atoms. The normalized spacial score (nSPS) is 15.1. The van der Waals surface area contributed by atoms with E-state index in [9.17, 15) is 0 Å². The third kappa shape index (κ3) is 2.17. The van der Waals surface area contributed by atoms with Crippen LogP contribution in [0.25, 0.3) is 11.0 Å². The number of hydrogen-bond acceptors (Lipinski definition) is 2. The molecule has 5 heteroatoms. The maximum Gasteiger partial charge on any atom is 0.137 e. The molecule has 0 bridgehead atoms. The van der Waals surface area contributed by atoms with Crippen LogP contribution in [0.1, 0.15) is 17.2 Å². The summed E-state index contributed by atoms with van der Waals surface area (Å²) in [6.45, 7) is 4.25. The van der Waals surface area contributed by atoms with Crippen molar-refractivity contribution in [1.29, 1.82) is 0 Å². The van der Waals surface area contributed by atoms with Gasteiger partial charge in [-0.2, -0.15) is 0 Å². The van der Waals surface area contributed by atoms with Crippen LogP contribution in [0.4, 0.5) is 0 Å². The predicted octanol–water partition coefficient (Wildman–Crippen LogP) is 2.40. The van der Waals surface area contributed by atoms with Gasteiger partial charge < -0.3 is 10.3 Å². The van der Waals surface area contributed by atoms with Crippen molar-refractivity contribution >= 4 is 35.8 Å². The monoisotopic (exact) mass is 259 g/mol. The molecule has 0 unspecified atom stereocenters. The number of aromatic nitrogens is 2. The molecule has 2 N–H and O–H groups in total. The Hall–Kier alpha value is -0.770. The third-order valence-electron chi connectivity index (χ3n) is 2.85. The molecule has 0 aliphatic carbocycles. The molecule has 3 nitrogen and oxygen atoms in total. The van der Waals surface area contributed by atoms with Crippen LogP contribution in [0, 0.1) is 6.92 Å². The van der Waals surface area contributed by atoms with Crippen molar-refractivity contribution in [3.05, 3.63) is 29.6 Å². The smallest absolute Gasteiger partial charge is 0.137 e. The topological polar surface area (TPSA) is 40.7 Å². The zero-order chi connectivity index (χ0) is 9.54. The molecular weight excluding hydrogens is 245 g/mol. The first-order valence-electron chi connectivity index (χ1n) is 4.99. The average Bonchev–Trinajstić information content (AvgIpc) is 2.43. The minimum atomic E-state index is 0. The standard InChI is InChI=1S/C11H13N3.2ClH/c1-7-2-8-3-10(9-5-12-6-9)14-11(8)13-4-7;;/h2-4,9,12H,5-6H2,1H3,(H,13,14);2*1H. The molecule has 0 spiro atoms. The van der Waals surface area contributed by atoms with Crippen LogP contribution >= 0.6 is 24.8 Å². The number of fused-ring (bicyclic) bond motifs is 1. The first kappa shape index (κ1) is 13.3. The van der Waals surface area contributed by atoms with Gasteiger partial charge in [0.15, 0.2) is 0 Å². The maximum atomic E-state index is 4.37. The second-order valence-corrected chi connectivity index (χ2v) is 4.03. The van der Waals surface area contributed by atoms with Crippen molar-refractivity contribution in [1.82, 2.24) is 15.3 Å². The largest absolute Gasteiger partial charge is 0.343 e. The fraction of sp³-hybridized carbons (Fsp3) is 0.364. The summed E-state index contributed by atoms with van der Waals surface area (Å²) in [4.78, 5) is 7.74. The Labute approximate surface area is 107 Å². The van der Waals surface area contributed by atoms with E-state index in [1.807, 2.05) is 6.20 Å². The lowest BCUT2D eigenvalue weighted by Gasteiger charge is -2.25. The Morgan fingerprint density at radius 3 is 2.62 bits per heavy atom. The van der Waals surface area contributed by atoms with Gasteiger partial charge >= 0.3 is 0 Å². The summed E-state index contributed by atoms with van der Waals surface area (Å²) >= 11 is 0. The second kappa shape index (κ2) is 5.04. The molecule has 1 saturated heterocycles. The maximum absolute atomic E-state index is 4.37. The molecule has 2 aromatic rings. The highest BCUT2D eigenvalue weighted by molar-refractivity contribution is 5.85. The number of nitrogens with zero attached hydrogens (tertiary/aromatic N) is 1.